The molecule has 2 unspecified atom stereocenters. The Kier molecular flexibility index (Phi) is 10.9. The first-order chi connectivity index (χ1) is 18.9. The zero-order valence-electron chi connectivity index (χ0n) is 24.7. The van der Waals surface area contributed by atoms with Crippen LogP contribution in [0.15, 0.2) is 42.5 Å². The van der Waals surface area contributed by atoms with Crippen molar-refractivity contribution in [1.29, 1.82) is 0 Å². The van der Waals surface area contributed by atoms with E-state index in [4.69, 9.17) is 9.47 Å². The predicted molar refractivity (Wildman–Crippen MR) is 161 cm³/mol. The molecule has 1 aliphatic carbocycles. The second-order valence-corrected chi connectivity index (χ2v) is 12.3. The van der Waals surface area contributed by atoms with Crippen molar-refractivity contribution < 1.29 is 23.9 Å². The van der Waals surface area contributed by atoms with Gasteiger partial charge in [0, 0.05) is 11.7 Å². The lowest BCUT2D eigenvalue weighted by molar-refractivity contribution is -0.145. The number of thioether (sulfide) groups is 1. The average molecular weight is 570 g/mol. The topological polar surface area (TPSA) is 97.0 Å². The minimum atomic E-state index is -0.878. The number of nitrogens with zero attached hydrogens (tertiary/aromatic N) is 1. The fourth-order valence-electron chi connectivity index (χ4n) is 4.66. The summed E-state index contributed by atoms with van der Waals surface area (Å²) in [7, 11) is 1.59. The molecule has 1 aliphatic rings. The molecule has 3 rings (SSSR count). The van der Waals surface area contributed by atoms with E-state index in [0.717, 1.165) is 36.0 Å². The summed E-state index contributed by atoms with van der Waals surface area (Å²) in [5.74, 6) is 0.761. The number of ether oxygens (including phenoxy) is 2. The zero-order chi connectivity index (χ0) is 29.4. The Balaban J connectivity index is 2.03. The minimum Gasteiger partial charge on any atom is -0.497 e. The second-order valence-electron chi connectivity index (χ2n) is 11.3. The van der Waals surface area contributed by atoms with Crippen LogP contribution in [0.1, 0.15) is 69.2 Å². The molecule has 0 aromatic heterocycles. The molecule has 3 amide bonds. The summed E-state index contributed by atoms with van der Waals surface area (Å²) in [6.07, 6.45) is 4.30. The monoisotopic (exact) mass is 569 g/mol. The van der Waals surface area contributed by atoms with Gasteiger partial charge >= 0.3 is 6.09 Å². The zero-order valence-corrected chi connectivity index (χ0v) is 25.5. The fourth-order valence-corrected chi connectivity index (χ4v) is 5.13. The van der Waals surface area contributed by atoms with E-state index in [2.05, 4.69) is 10.6 Å². The molecule has 218 valence electrons. The number of alkyl carbamates (subject to hydrolysis) is 1. The summed E-state index contributed by atoms with van der Waals surface area (Å²) in [6, 6.07) is 11.2. The molecule has 2 N–H and O–H groups in total. The highest BCUT2D eigenvalue weighted by molar-refractivity contribution is 7.98. The van der Waals surface area contributed by atoms with Gasteiger partial charge in [-0.3, -0.25) is 9.59 Å². The maximum Gasteiger partial charge on any atom is 0.408 e. The second kappa shape index (κ2) is 13.9. The van der Waals surface area contributed by atoms with E-state index in [1.54, 1.807) is 68.8 Å². The van der Waals surface area contributed by atoms with E-state index in [0.29, 0.717) is 23.6 Å². The molecule has 0 aliphatic heterocycles. The van der Waals surface area contributed by atoms with Crippen LogP contribution in [-0.4, -0.2) is 59.6 Å². The van der Waals surface area contributed by atoms with Gasteiger partial charge in [0.05, 0.1) is 7.11 Å². The number of rotatable bonds is 11. The van der Waals surface area contributed by atoms with Crippen LogP contribution in [0.2, 0.25) is 0 Å². The largest absolute Gasteiger partial charge is 0.497 e. The Morgan fingerprint density at radius 3 is 2.30 bits per heavy atom. The van der Waals surface area contributed by atoms with Crippen LogP contribution in [0.25, 0.3) is 0 Å². The smallest absolute Gasteiger partial charge is 0.408 e. The normalized spacial score (nSPS) is 14.9. The van der Waals surface area contributed by atoms with Gasteiger partial charge in [0.25, 0.3) is 5.91 Å². The first kappa shape index (κ1) is 31.3. The maximum absolute atomic E-state index is 14.4. The summed E-state index contributed by atoms with van der Waals surface area (Å²) in [5, 5.41) is 5.84. The third kappa shape index (κ3) is 8.40. The van der Waals surface area contributed by atoms with Crippen molar-refractivity contribution in [2.24, 2.45) is 0 Å². The highest BCUT2D eigenvalue weighted by atomic mass is 32.2. The van der Waals surface area contributed by atoms with Crippen molar-refractivity contribution in [1.82, 2.24) is 10.2 Å². The molecule has 0 spiro atoms. The van der Waals surface area contributed by atoms with Gasteiger partial charge in [-0.25, -0.2) is 4.79 Å². The summed E-state index contributed by atoms with van der Waals surface area (Å²) in [4.78, 5) is 43.0. The van der Waals surface area contributed by atoms with Crippen molar-refractivity contribution >= 4 is 35.4 Å². The molecule has 0 radical (unpaired) electrons. The molecule has 0 heterocycles. The molecule has 2 aromatic carbocycles. The van der Waals surface area contributed by atoms with Gasteiger partial charge in [-0.15, -0.1) is 0 Å². The number of hydrogen-bond donors (Lipinski definition) is 2. The summed E-state index contributed by atoms with van der Waals surface area (Å²) >= 11 is 1.60. The van der Waals surface area contributed by atoms with Crippen molar-refractivity contribution in [3.63, 3.8) is 0 Å². The minimum absolute atomic E-state index is 0.115. The molecule has 40 heavy (non-hydrogen) atoms. The molecule has 2 aromatic rings. The van der Waals surface area contributed by atoms with E-state index in [-0.39, 0.29) is 17.9 Å². The standard InChI is InChI=1S/C31H43N3O5S/c1-20-11-12-21(2)25(19-20)27(28(35)32-22-13-15-24(38-6)16-14-22)34(23-9-8-10-23)29(36)26(17-18-40-7)33-30(37)39-31(3,4)5/h11-16,19,23,26-27H,8-10,17-18H2,1-7H3,(H,32,35)(H,33,37). The number of aryl methyl sites for hydroxylation is 2. The number of anilines is 1. The third-order valence-corrected chi connectivity index (χ3v) is 7.58. The van der Waals surface area contributed by atoms with Crippen LogP contribution in [0, 0.1) is 13.8 Å². The Bertz CT molecular complexity index is 1170. The average Bonchev–Trinajstić information content (AvgIpc) is 2.86. The Morgan fingerprint density at radius 1 is 1.07 bits per heavy atom. The van der Waals surface area contributed by atoms with Gasteiger partial charge in [0.15, 0.2) is 0 Å². The number of benzene rings is 2. The van der Waals surface area contributed by atoms with E-state index < -0.39 is 23.8 Å². The van der Waals surface area contributed by atoms with Crippen LogP contribution < -0.4 is 15.4 Å². The number of carbonyl (C=O) groups excluding carboxylic acids is 3. The van der Waals surface area contributed by atoms with E-state index in [1.165, 1.54) is 0 Å². The SMILES string of the molecule is COc1ccc(NC(=O)C(c2cc(C)ccc2C)N(C(=O)C(CCSC)NC(=O)OC(C)(C)C)C2CCC2)cc1. The quantitative estimate of drug-likeness (QED) is 0.344. The lowest BCUT2D eigenvalue weighted by Gasteiger charge is -2.44. The van der Waals surface area contributed by atoms with Crippen LogP contribution in [0.5, 0.6) is 5.75 Å². The van der Waals surface area contributed by atoms with Gasteiger partial charge in [0.1, 0.15) is 23.4 Å². The molecule has 0 saturated heterocycles. The Hall–Kier alpha value is -3.20. The molecular weight excluding hydrogens is 526 g/mol. The van der Waals surface area contributed by atoms with Gasteiger partial charge in [-0.2, -0.15) is 11.8 Å². The van der Waals surface area contributed by atoms with Crippen LogP contribution in [0.3, 0.4) is 0 Å². The van der Waals surface area contributed by atoms with Crippen molar-refractivity contribution in [3.8, 4) is 5.75 Å². The highest BCUT2D eigenvalue weighted by Gasteiger charge is 2.42. The molecule has 8 nitrogen and oxygen atoms in total. The van der Waals surface area contributed by atoms with Crippen molar-refractivity contribution in [2.45, 2.75) is 84.0 Å². The molecule has 2 atom stereocenters. The molecular formula is C31H43N3O5S. The summed E-state index contributed by atoms with van der Waals surface area (Å²) in [6.45, 7) is 9.28. The fraction of sp³-hybridized carbons (Fsp3) is 0.516. The highest BCUT2D eigenvalue weighted by Crippen LogP contribution is 2.36. The predicted octanol–water partition coefficient (Wildman–Crippen LogP) is 6.02. The number of methoxy groups -OCH3 is 1. The van der Waals surface area contributed by atoms with Crippen LogP contribution in [-0.2, 0) is 14.3 Å². The summed E-state index contributed by atoms with van der Waals surface area (Å²) < 4.78 is 10.7. The lowest BCUT2D eigenvalue weighted by Crippen LogP contribution is -2.57. The number of carbonyl (C=O) groups is 3. The number of amides is 3. The first-order valence-corrected chi connectivity index (χ1v) is 15.2. The van der Waals surface area contributed by atoms with Gasteiger partial charge < -0.3 is 25.0 Å². The Labute approximate surface area is 242 Å². The van der Waals surface area contributed by atoms with Crippen molar-refractivity contribution in [2.75, 3.05) is 24.4 Å². The van der Waals surface area contributed by atoms with Gasteiger partial charge in [0.2, 0.25) is 5.91 Å². The first-order valence-electron chi connectivity index (χ1n) is 13.8. The van der Waals surface area contributed by atoms with Gasteiger partial charge in [-0.1, -0.05) is 23.8 Å². The molecule has 1 fully saturated rings. The number of hydrogen-bond acceptors (Lipinski definition) is 6. The van der Waals surface area contributed by atoms with Gasteiger partial charge in [-0.05, 0) is 108 Å². The molecule has 0 bridgehead atoms. The summed E-state index contributed by atoms with van der Waals surface area (Å²) in [5.41, 5.74) is 2.58. The Morgan fingerprint density at radius 2 is 1.75 bits per heavy atom. The van der Waals surface area contributed by atoms with Crippen molar-refractivity contribution in [3.05, 3.63) is 59.2 Å². The molecule has 1 saturated carbocycles. The van der Waals surface area contributed by atoms with Crippen LogP contribution in [0.4, 0.5) is 10.5 Å². The maximum atomic E-state index is 14.4. The third-order valence-electron chi connectivity index (χ3n) is 6.94. The van der Waals surface area contributed by atoms with Crippen LogP contribution >= 0.6 is 11.8 Å². The number of nitrogens with one attached hydrogen (secondary N) is 2. The molecule has 9 heteroatoms. The van der Waals surface area contributed by atoms with E-state index in [9.17, 15) is 14.4 Å². The van der Waals surface area contributed by atoms with E-state index in [1.807, 2.05) is 38.3 Å². The lowest BCUT2D eigenvalue weighted by atomic mass is 9.87. The van der Waals surface area contributed by atoms with E-state index >= 15 is 0 Å².